The van der Waals surface area contributed by atoms with E-state index in [-0.39, 0.29) is 0 Å². The second kappa shape index (κ2) is 6.70. The predicted octanol–water partition coefficient (Wildman–Crippen LogP) is 3.76. The van der Waals surface area contributed by atoms with Crippen molar-refractivity contribution in [2.45, 2.75) is 32.4 Å². The third-order valence-electron chi connectivity index (χ3n) is 2.57. The largest absolute Gasteiger partial charge is 0.481 e. The molecule has 17 heavy (non-hydrogen) atoms. The van der Waals surface area contributed by atoms with Gasteiger partial charge in [0.1, 0.15) is 0 Å². The van der Waals surface area contributed by atoms with Crippen LogP contribution >= 0.6 is 11.8 Å². The Balaban J connectivity index is 2.53. The molecular weight excluding hydrogens is 232 g/mol. The number of carboxylic acid groups (broad SMARTS) is 1. The average molecular weight is 252 g/mol. The molecule has 0 fully saturated rings. The van der Waals surface area contributed by atoms with Gasteiger partial charge in [0.15, 0.2) is 0 Å². The van der Waals surface area contributed by atoms with Crippen molar-refractivity contribution in [2.75, 3.05) is 5.75 Å². The van der Waals surface area contributed by atoms with Crippen molar-refractivity contribution in [3.8, 4) is 0 Å². The first kappa shape index (κ1) is 14.1. The molecule has 1 unspecified atom stereocenters. The summed E-state index contributed by atoms with van der Waals surface area (Å²) in [4.78, 5) is 10.8. The Morgan fingerprint density at radius 1 is 1.24 bits per heavy atom. The minimum absolute atomic E-state index is 0.424. The minimum Gasteiger partial charge on any atom is -0.481 e. The van der Waals surface area contributed by atoms with Gasteiger partial charge in [0, 0.05) is 5.75 Å². The highest BCUT2D eigenvalue weighted by Crippen LogP contribution is 2.19. The van der Waals surface area contributed by atoms with Crippen molar-refractivity contribution < 1.29 is 9.90 Å². The Bertz CT molecular complexity index is 357. The maximum Gasteiger partial charge on any atom is 0.310 e. The number of rotatable bonds is 6. The van der Waals surface area contributed by atoms with Crippen LogP contribution in [0.1, 0.15) is 37.8 Å². The Morgan fingerprint density at radius 3 is 2.29 bits per heavy atom. The maximum absolute atomic E-state index is 10.8. The Kier molecular flexibility index (Phi) is 5.56. The number of benzene rings is 1. The summed E-state index contributed by atoms with van der Waals surface area (Å²) in [5.74, 6) is 1.68. The monoisotopic (exact) mass is 252 g/mol. The van der Waals surface area contributed by atoms with E-state index in [1.807, 2.05) is 36.0 Å². The lowest BCUT2D eigenvalue weighted by Gasteiger charge is -2.08. The summed E-state index contributed by atoms with van der Waals surface area (Å²) in [7, 11) is 0. The van der Waals surface area contributed by atoms with E-state index in [0.29, 0.717) is 5.92 Å². The molecular formula is C14H20O2S. The van der Waals surface area contributed by atoms with Crippen molar-refractivity contribution in [3.63, 3.8) is 0 Å². The van der Waals surface area contributed by atoms with E-state index in [9.17, 15) is 4.79 Å². The smallest absolute Gasteiger partial charge is 0.310 e. The van der Waals surface area contributed by atoms with Gasteiger partial charge in [0.05, 0.1) is 5.92 Å². The van der Waals surface area contributed by atoms with Gasteiger partial charge in [0.25, 0.3) is 0 Å². The van der Waals surface area contributed by atoms with Gasteiger partial charge in [-0.1, -0.05) is 38.1 Å². The number of aliphatic carboxylic acids is 1. The highest BCUT2D eigenvalue weighted by Gasteiger charge is 2.12. The quantitative estimate of drug-likeness (QED) is 0.837. The summed E-state index contributed by atoms with van der Waals surface area (Å²) in [5, 5.41) is 8.90. The number of hydrogen-bond donors (Lipinski definition) is 1. The van der Waals surface area contributed by atoms with Gasteiger partial charge in [0.2, 0.25) is 0 Å². The second-order valence-electron chi connectivity index (χ2n) is 4.71. The highest BCUT2D eigenvalue weighted by molar-refractivity contribution is 7.98. The zero-order valence-corrected chi connectivity index (χ0v) is 11.5. The Hall–Kier alpha value is -0.960. The molecule has 3 heteroatoms. The van der Waals surface area contributed by atoms with Crippen LogP contribution in [0.5, 0.6) is 0 Å². The first-order valence-corrected chi connectivity index (χ1v) is 7.05. The number of hydrogen-bond acceptors (Lipinski definition) is 2. The molecule has 1 aromatic rings. The van der Waals surface area contributed by atoms with Crippen molar-refractivity contribution in [2.24, 2.45) is 5.92 Å². The highest BCUT2D eigenvalue weighted by atomic mass is 32.2. The summed E-state index contributed by atoms with van der Waals surface area (Å²) in [6.07, 6.45) is 0. The van der Waals surface area contributed by atoms with Crippen LogP contribution in [0.25, 0.3) is 0 Å². The summed E-state index contributed by atoms with van der Waals surface area (Å²) in [5.41, 5.74) is 2.13. The lowest BCUT2D eigenvalue weighted by atomic mass is 10.0. The molecule has 0 amide bonds. The van der Waals surface area contributed by atoms with Crippen LogP contribution in [-0.2, 0) is 10.5 Å². The van der Waals surface area contributed by atoms with Crippen LogP contribution < -0.4 is 0 Å². The molecule has 0 heterocycles. The van der Waals surface area contributed by atoms with Gasteiger partial charge in [-0.25, -0.2) is 0 Å². The van der Waals surface area contributed by atoms with Gasteiger partial charge in [-0.15, -0.1) is 0 Å². The molecule has 0 radical (unpaired) electrons. The summed E-state index contributed by atoms with van der Waals surface area (Å²) in [6, 6.07) is 7.90. The van der Waals surface area contributed by atoms with E-state index in [4.69, 9.17) is 5.11 Å². The summed E-state index contributed by atoms with van der Waals surface area (Å²) in [6.45, 7) is 6.14. The van der Waals surface area contributed by atoms with Crippen LogP contribution in [0.15, 0.2) is 24.3 Å². The van der Waals surface area contributed by atoms with E-state index in [2.05, 4.69) is 13.8 Å². The van der Waals surface area contributed by atoms with Crippen LogP contribution in [-0.4, -0.2) is 16.8 Å². The van der Waals surface area contributed by atoms with Crippen LogP contribution in [0.3, 0.4) is 0 Å². The molecule has 0 aliphatic heterocycles. The average Bonchev–Trinajstić information content (AvgIpc) is 2.28. The normalized spacial score (nSPS) is 12.7. The molecule has 0 saturated carbocycles. The molecule has 2 nitrogen and oxygen atoms in total. The van der Waals surface area contributed by atoms with Crippen molar-refractivity contribution in [1.29, 1.82) is 0 Å². The predicted molar refractivity (Wildman–Crippen MR) is 73.5 cm³/mol. The van der Waals surface area contributed by atoms with E-state index in [1.165, 1.54) is 5.56 Å². The van der Waals surface area contributed by atoms with Crippen molar-refractivity contribution in [3.05, 3.63) is 35.4 Å². The van der Waals surface area contributed by atoms with Gasteiger partial charge in [-0.2, -0.15) is 11.8 Å². The maximum atomic E-state index is 10.8. The zero-order valence-electron chi connectivity index (χ0n) is 10.6. The Morgan fingerprint density at radius 2 is 1.82 bits per heavy atom. The van der Waals surface area contributed by atoms with Crippen LogP contribution in [0, 0.1) is 5.92 Å². The van der Waals surface area contributed by atoms with E-state index in [1.54, 1.807) is 6.92 Å². The molecule has 0 saturated heterocycles. The molecule has 0 bridgehead atoms. The molecule has 1 N–H and O–H groups in total. The summed E-state index contributed by atoms with van der Waals surface area (Å²) < 4.78 is 0. The first-order chi connectivity index (χ1) is 8.00. The van der Waals surface area contributed by atoms with E-state index >= 15 is 0 Å². The fraction of sp³-hybridized carbons (Fsp3) is 0.500. The van der Waals surface area contributed by atoms with Crippen molar-refractivity contribution in [1.82, 2.24) is 0 Å². The number of carboxylic acids is 1. The molecule has 1 atom stereocenters. The third-order valence-corrected chi connectivity index (χ3v) is 4.01. The molecule has 0 spiro atoms. The third kappa shape index (κ3) is 4.82. The zero-order chi connectivity index (χ0) is 12.8. The standard InChI is InChI=1S/C14H20O2S/c1-10(2)8-17-9-12-4-6-13(7-5-12)11(3)14(15)16/h4-7,10-11H,8-9H2,1-3H3,(H,15,16). The van der Waals surface area contributed by atoms with Gasteiger partial charge in [-0.3, -0.25) is 4.79 Å². The summed E-state index contributed by atoms with van der Waals surface area (Å²) >= 11 is 1.92. The van der Waals surface area contributed by atoms with E-state index < -0.39 is 11.9 Å². The fourth-order valence-corrected chi connectivity index (χ4v) is 2.48. The Labute approximate surface area is 107 Å². The molecule has 0 aliphatic carbocycles. The lowest BCUT2D eigenvalue weighted by Crippen LogP contribution is -2.07. The fourth-order valence-electron chi connectivity index (χ4n) is 1.46. The molecule has 1 aromatic carbocycles. The number of carbonyl (C=O) groups is 1. The topological polar surface area (TPSA) is 37.3 Å². The van der Waals surface area contributed by atoms with Gasteiger partial charge < -0.3 is 5.11 Å². The first-order valence-electron chi connectivity index (χ1n) is 5.90. The minimum atomic E-state index is -0.771. The van der Waals surface area contributed by atoms with Crippen LogP contribution in [0.2, 0.25) is 0 Å². The molecule has 1 rings (SSSR count). The number of thioether (sulfide) groups is 1. The molecule has 0 aromatic heterocycles. The molecule has 94 valence electrons. The van der Waals surface area contributed by atoms with Gasteiger partial charge >= 0.3 is 5.97 Å². The lowest BCUT2D eigenvalue weighted by molar-refractivity contribution is -0.138. The van der Waals surface area contributed by atoms with Crippen molar-refractivity contribution >= 4 is 17.7 Å². The second-order valence-corrected chi connectivity index (χ2v) is 5.74. The van der Waals surface area contributed by atoms with E-state index in [0.717, 1.165) is 17.1 Å². The molecule has 0 aliphatic rings. The van der Waals surface area contributed by atoms with Crippen LogP contribution in [0.4, 0.5) is 0 Å². The SMILES string of the molecule is CC(C)CSCc1ccc(C(C)C(=O)O)cc1. The van der Waals surface area contributed by atoms with Gasteiger partial charge in [-0.05, 0) is 29.7 Å².